The maximum Gasteiger partial charge on any atom is -0.0348 e. The van der Waals surface area contributed by atoms with Crippen molar-refractivity contribution in [3.05, 3.63) is 18.6 Å². The van der Waals surface area contributed by atoms with E-state index in [-0.39, 0.29) is 0 Å². The van der Waals surface area contributed by atoms with Gasteiger partial charge in [0.25, 0.3) is 0 Å². The van der Waals surface area contributed by atoms with Gasteiger partial charge in [-0.3, -0.25) is 0 Å². The molecule has 1 aliphatic carbocycles. The molecule has 1 unspecified atom stereocenters. The quantitative estimate of drug-likeness (QED) is 0.527. The van der Waals surface area contributed by atoms with Crippen LogP contribution < -0.4 is 0 Å². The van der Waals surface area contributed by atoms with Crippen LogP contribution in [0, 0.1) is 12.3 Å². The molecule has 0 saturated heterocycles. The van der Waals surface area contributed by atoms with Crippen molar-refractivity contribution in [1.82, 2.24) is 0 Å². The first-order valence-electron chi connectivity index (χ1n) is 4.86. The van der Waals surface area contributed by atoms with Crippen molar-refractivity contribution in [3.63, 3.8) is 0 Å². The molecule has 0 aromatic heterocycles. The average Bonchev–Trinajstić information content (AvgIpc) is 1.94. The van der Waals surface area contributed by atoms with Crippen LogP contribution in [0.4, 0.5) is 0 Å². The van der Waals surface area contributed by atoms with Crippen LogP contribution >= 0.6 is 0 Å². The molecular formula is C11H19. The van der Waals surface area contributed by atoms with Crippen LogP contribution in [0.5, 0.6) is 0 Å². The zero-order valence-corrected chi connectivity index (χ0v) is 7.55. The number of allylic oxidation sites excluding steroid dienone is 2. The van der Waals surface area contributed by atoms with E-state index < -0.39 is 0 Å². The zero-order valence-electron chi connectivity index (χ0n) is 7.55. The summed E-state index contributed by atoms with van der Waals surface area (Å²) in [6, 6.07) is 0. The molecule has 1 aliphatic rings. The van der Waals surface area contributed by atoms with E-state index in [4.69, 9.17) is 0 Å². The molecule has 0 heterocycles. The molecule has 0 spiro atoms. The second-order valence-corrected chi connectivity index (χ2v) is 3.49. The number of hydrogen-bond acceptors (Lipinski definition) is 0. The van der Waals surface area contributed by atoms with E-state index in [1.165, 1.54) is 38.5 Å². The van der Waals surface area contributed by atoms with Crippen molar-refractivity contribution < 1.29 is 0 Å². The third-order valence-electron chi connectivity index (χ3n) is 2.46. The van der Waals surface area contributed by atoms with Crippen LogP contribution in [0.2, 0.25) is 0 Å². The summed E-state index contributed by atoms with van der Waals surface area (Å²) >= 11 is 0. The monoisotopic (exact) mass is 151 g/mol. The second-order valence-electron chi connectivity index (χ2n) is 3.49. The van der Waals surface area contributed by atoms with Gasteiger partial charge < -0.3 is 0 Å². The molecule has 0 nitrogen and oxygen atoms in total. The zero-order chi connectivity index (χ0) is 7.94. The SMILES string of the molecule is C[CH]CC1CC/C=C\CCC1. The van der Waals surface area contributed by atoms with Gasteiger partial charge in [0.05, 0.1) is 0 Å². The van der Waals surface area contributed by atoms with Gasteiger partial charge in [-0.05, 0) is 44.4 Å². The lowest BCUT2D eigenvalue weighted by Gasteiger charge is -2.15. The molecule has 0 N–H and O–H groups in total. The molecule has 0 saturated carbocycles. The lowest BCUT2D eigenvalue weighted by Crippen LogP contribution is -2.01. The van der Waals surface area contributed by atoms with E-state index in [1.807, 2.05) is 0 Å². The predicted octanol–water partition coefficient (Wildman–Crippen LogP) is 3.74. The first kappa shape index (κ1) is 8.83. The fourth-order valence-corrected chi connectivity index (χ4v) is 1.81. The van der Waals surface area contributed by atoms with Crippen LogP contribution in [0.3, 0.4) is 0 Å². The molecule has 0 fully saturated rings. The van der Waals surface area contributed by atoms with Crippen LogP contribution in [0.15, 0.2) is 12.2 Å². The summed E-state index contributed by atoms with van der Waals surface area (Å²) in [5.74, 6) is 0.977. The first-order chi connectivity index (χ1) is 5.43. The van der Waals surface area contributed by atoms with Gasteiger partial charge >= 0.3 is 0 Å². The highest BCUT2D eigenvalue weighted by Gasteiger charge is 2.07. The molecule has 0 aromatic carbocycles. The van der Waals surface area contributed by atoms with E-state index >= 15 is 0 Å². The highest BCUT2D eigenvalue weighted by Crippen LogP contribution is 2.22. The van der Waals surface area contributed by atoms with Gasteiger partial charge in [-0.1, -0.05) is 25.5 Å². The summed E-state index contributed by atoms with van der Waals surface area (Å²) in [5.41, 5.74) is 0. The lowest BCUT2D eigenvalue weighted by atomic mass is 9.91. The Morgan fingerprint density at radius 1 is 1.27 bits per heavy atom. The normalized spacial score (nSPS) is 29.0. The van der Waals surface area contributed by atoms with Gasteiger partial charge in [-0.15, -0.1) is 0 Å². The van der Waals surface area contributed by atoms with Crippen LogP contribution in [-0.4, -0.2) is 0 Å². The molecule has 63 valence electrons. The fourth-order valence-electron chi connectivity index (χ4n) is 1.81. The molecule has 1 atom stereocenters. The van der Waals surface area contributed by atoms with Crippen LogP contribution in [-0.2, 0) is 0 Å². The Hall–Kier alpha value is -0.260. The summed E-state index contributed by atoms with van der Waals surface area (Å²) < 4.78 is 0. The Kier molecular flexibility index (Phi) is 4.33. The summed E-state index contributed by atoms with van der Waals surface area (Å²) in [4.78, 5) is 0. The maximum absolute atomic E-state index is 2.35. The molecule has 0 amide bonds. The van der Waals surface area contributed by atoms with Gasteiger partial charge in [-0.2, -0.15) is 0 Å². The maximum atomic E-state index is 2.35. The van der Waals surface area contributed by atoms with Crippen molar-refractivity contribution in [2.75, 3.05) is 0 Å². The third-order valence-corrected chi connectivity index (χ3v) is 2.46. The first-order valence-corrected chi connectivity index (χ1v) is 4.86. The molecular weight excluding hydrogens is 132 g/mol. The largest absolute Gasteiger partial charge is 0.0885 e. The fraction of sp³-hybridized carbons (Fsp3) is 0.727. The topological polar surface area (TPSA) is 0 Å². The van der Waals surface area contributed by atoms with Crippen molar-refractivity contribution in [3.8, 4) is 0 Å². The summed E-state index contributed by atoms with van der Waals surface area (Å²) in [6.07, 6.45) is 15.2. The van der Waals surface area contributed by atoms with E-state index in [0.29, 0.717) is 0 Å². The van der Waals surface area contributed by atoms with E-state index in [2.05, 4.69) is 25.5 Å². The molecule has 0 heteroatoms. The minimum Gasteiger partial charge on any atom is -0.0885 e. The smallest absolute Gasteiger partial charge is 0.0348 e. The Morgan fingerprint density at radius 3 is 2.91 bits per heavy atom. The van der Waals surface area contributed by atoms with Gasteiger partial charge in [0.15, 0.2) is 0 Å². The van der Waals surface area contributed by atoms with Gasteiger partial charge in [0, 0.05) is 0 Å². The van der Waals surface area contributed by atoms with E-state index in [0.717, 1.165) is 5.92 Å². The number of hydrogen-bond donors (Lipinski definition) is 0. The highest BCUT2D eigenvalue weighted by molar-refractivity contribution is 4.85. The summed E-state index contributed by atoms with van der Waals surface area (Å²) in [5, 5.41) is 0. The van der Waals surface area contributed by atoms with E-state index in [9.17, 15) is 0 Å². The highest BCUT2D eigenvalue weighted by atomic mass is 14.1. The van der Waals surface area contributed by atoms with Crippen molar-refractivity contribution in [2.45, 2.75) is 45.4 Å². The Bertz CT molecular complexity index is 113. The second kappa shape index (κ2) is 5.40. The molecule has 11 heavy (non-hydrogen) atoms. The van der Waals surface area contributed by atoms with E-state index in [1.54, 1.807) is 0 Å². The standard InChI is InChI=1S/C11H19/c1-2-8-11-9-6-4-3-5-7-10-11/h2-4,11H,5-10H2,1H3/b4-3-. The molecule has 0 aliphatic heterocycles. The minimum absolute atomic E-state index is 0.977. The summed E-state index contributed by atoms with van der Waals surface area (Å²) in [7, 11) is 0. The number of rotatable bonds is 2. The summed E-state index contributed by atoms with van der Waals surface area (Å²) in [6.45, 7) is 2.18. The van der Waals surface area contributed by atoms with Gasteiger partial charge in [0.1, 0.15) is 0 Å². The lowest BCUT2D eigenvalue weighted by molar-refractivity contribution is 0.430. The molecule has 1 rings (SSSR count). The minimum atomic E-state index is 0.977. The predicted molar refractivity (Wildman–Crippen MR) is 50.3 cm³/mol. The molecule has 1 radical (unpaired) electrons. The van der Waals surface area contributed by atoms with Crippen molar-refractivity contribution >= 4 is 0 Å². The molecule has 0 bridgehead atoms. The average molecular weight is 151 g/mol. The third kappa shape index (κ3) is 3.60. The van der Waals surface area contributed by atoms with Crippen LogP contribution in [0.1, 0.15) is 45.4 Å². The Labute approximate surface area is 70.7 Å². The van der Waals surface area contributed by atoms with Gasteiger partial charge in [0.2, 0.25) is 0 Å². The Morgan fingerprint density at radius 2 is 2.09 bits per heavy atom. The van der Waals surface area contributed by atoms with Crippen LogP contribution in [0.25, 0.3) is 0 Å². The van der Waals surface area contributed by atoms with Crippen molar-refractivity contribution in [2.24, 2.45) is 5.92 Å². The van der Waals surface area contributed by atoms with Gasteiger partial charge in [-0.25, -0.2) is 0 Å². The Balaban J connectivity index is 2.24. The molecule has 0 aromatic rings. The van der Waals surface area contributed by atoms with Crippen molar-refractivity contribution in [1.29, 1.82) is 0 Å².